The topological polar surface area (TPSA) is 44.8 Å². The van der Waals surface area contributed by atoms with E-state index in [1.807, 2.05) is 24.3 Å². The van der Waals surface area contributed by atoms with Gasteiger partial charge in [-0.05, 0) is 55.7 Å². The number of rotatable bonds is 5. The normalized spacial score (nSPS) is 21.8. The van der Waals surface area contributed by atoms with Crippen molar-refractivity contribution >= 4 is 16.6 Å². The third-order valence-corrected chi connectivity index (χ3v) is 6.04. The van der Waals surface area contributed by atoms with Gasteiger partial charge in [0, 0.05) is 17.2 Å². The van der Waals surface area contributed by atoms with Crippen molar-refractivity contribution in [2.75, 3.05) is 6.61 Å². The van der Waals surface area contributed by atoms with Crippen LogP contribution in [-0.4, -0.2) is 24.3 Å². The summed E-state index contributed by atoms with van der Waals surface area (Å²) < 4.78 is 19.1. The summed E-state index contributed by atoms with van der Waals surface area (Å²) >= 11 is 0. The molecule has 30 heavy (non-hydrogen) atoms. The van der Waals surface area contributed by atoms with Crippen molar-refractivity contribution < 1.29 is 19.0 Å². The highest BCUT2D eigenvalue weighted by Gasteiger charge is 2.48. The molecule has 0 N–H and O–H groups in total. The Morgan fingerprint density at radius 3 is 2.63 bits per heavy atom. The molecule has 1 unspecified atom stereocenters. The molecule has 1 heterocycles. The van der Waals surface area contributed by atoms with Crippen molar-refractivity contribution in [2.45, 2.75) is 50.9 Å². The van der Waals surface area contributed by atoms with E-state index in [0.29, 0.717) is 6.61 Å². The number of fused-ring (bicyclic) bond motifs is 1. The Bertz CT molecular complexity index is 1030. The van der Waals surface area contributed by atoms with Gasteiger partial charge in [-0.15, -0.1) is 0 Å². The zero-order chi connectivity index (χ0) is 20.6. The number of hydrogen-bond donors (Lipinski definition) is 0. The second kappa shape index (κ2) is 7.77. The van der Waals surface area contributed by atoms with Crippen LogP contribution in [0.1, 0.15) is 39.0 Å². The fourth-order valence-electron chi connectivity index (χ4n) is 4.69. The van der Waals surface area contributed by atoms with E-state index in [-0.39, 0.29) is 11.9 Å². The van der Waals surface area contributed by atoms with Crippen LogP contribution in [0.15, 0.2) is 71.8 Å². The van der Waals surface area contributed by atoms with Crippen molar-refractivity contribution in [3.05, 3.63) is 71.8 Å². The lowest BCUT2D eigenvalue weighted by Crippen LogP contribution is -2.49. The van der Waals surface area contributed by atoms with Gasteiger partial charge in [-0.2, -0.15) is 0 Å². The molecule has 0 aromatic heterocycles. The van der Waals surface area contributed by atoms with Crippen LogP contribution in [0, 0.1) is 0 Å². The lowest BCUT2D eigenvalue weighted by Gasteiger charge is -2.43. The predicted octanol–water partition coefficient (Wildman–Crippen LogP) is 5.67. The molecule has 2 aromatic carbocycles. The lowest BCUT2D eigenvalue weighted by molar-refractivity contribution is -0.115. The maximum Gasteiger partial charge on any atom is 0.295 e. The molecule has 0 bridgehead atoms. The van der Waals surface area contributed by atoms with Crippen molar-refractivity contribution in [1.29, 1.82) is 0 Å². The molecule has 154 valence electrons. The van der Waals surface area contributed by atoms with Crippen LogP contribution in [0.3, 0.4) is 0 Å². The smallest absolute Gasteiger partial charge is 0.295 e. The first-order valence-corrected chi connectivity index (χ1v) is 10.9. The average Bonchev–Trinajstić information content (AvgIpc) is 2.77. The summed E-state index contributed by atoms with van der Waals surface area (Å²) in [5, 5.41) is 2.05. The summed E-state index contributed by atoms with van der Waals surface area (Å²) in [5.74, 6) is 0.505. The summed E-state index contributed by atoms with van der Waals surface area (Å²) in [5.41, 5.74) is 1.62. The zero-order valence-electron chi connectivity index (χ0n) is 17.2. The van der Waals surface area contributed by atoms with E-state index in [2.05, 4.69) is 31.2 Å². The first kappa shape index (κ1) is 19.1. The molecular formula is C26H26O4. The Morgan fingerprint density at radius 2 is 1.90 bits per heavy atom. The van der Waals surface area contributed by atoms with Crippen LogP contribution in [0.4, 0.5) is 0 Å². The summed E-state index contributed by atoms with van der Waals surface area (Å²) in [6.45, 7) is 2.72. The number of ketones is 1. The van der Waals surface area contributed by atoms with Crippen molar-refractivity contribution in [3.8, 4) is 11.5 Å². The number of hydrogen-bond acceptors (Lipinski definition) is 4. The Kier molecular flexibility index (Phi) is 4.95. The Labute approximate surface area is 176 Å². The summed E-state index contributed by atoms with van der Waals surface area (Å²) in [4.78, 5) is 12.9. The number of carbonyl (C=O) groups excluding carboxylic acids is 1. The van der Waals surface area contributed by atoms with Gasteiger partial charge in [0.1, 0.15) is 11.5 Å². The second-order valence-corrected chi connectivity index (χ2v) is 7.99. The molecule has 4 heteroatoms. The second-order valence-electron chi connectivity index (χ2n) is 7.99. The maximum absolute atomic E-state index is 12.9. The molecule has 0 fully saturated rings. The number of benzene rings is 2. The molecule has 0 saturated heterocycles. The standard InChI is InChI=1S/C26H26O4/c1-2-3-4-5-17-28-21-12-8-11-19-25(21)20(27)15-16-26(19)29-22-13-6-9-18-10-7-14-23(30-26)24(18)22/h3-4,6-7,9-10,13-16,21H,2,5,8,11-12,17H2,1H3/b4-3+. The molecular weight excluding hydrogens is 376 g/mol. The van der Waals surface area contributed by atoms with Crippen molar-refractivity contribution in [2.24, 2.45) is 0 Å². The van der Waals surface area contributed by atoms with Crippen LogP contribution >= 0.6 is 0 Å². The minimum Gasteiger partial charge on any atom is -0.444 e. The van der Waals surface area contributed by atoms with Gasteiger partial charge in [-0.1, -0.05) is 43.3 Å². The monoisotopic (exact) mass is 402 g/mol. The van der Waals surface area contributed by atoms with E-state index in [1.165, 1.54) is 0 Å². The molecule has 1 aliphatic heterocycles. The summed E-state index contributed by atoms with van der Waals surface area (Å²) in [7, 11) is 0. The van der Waals surface area contributed by atoms with Crippen LogP contribution in [0.2, 0.25) is 0 Å². The molecule has 0 saturated carbocycles. The fraction of sp³-hybridized carbons (Fsp3) is 0.346. The van der Waals surface area contributed by atoms with E-state index < -0.39 is 5.79 Å². The van der Waals surface area contributed by atoms with Crippen LogP contribution in [0.25, 0.3) is 10.8 Å². The number of carbonyl (C=O) groups is 1. The minimum absolute atomic E-state index is 0.00805. The minimum atomic E-state index is -1.07. The maximum atomic E-state index is 12.9. The molecule has 5 rings (SSSR count). The molecule has 2 aromatic rings. The largest absolute Gasteiger partial charge is 0.444 e. The quantitative estimate of drug-likeness (QED) is 0.478. The molecule has 1 spiro atoms. The van der Waals surface area contributed by atoms with Gasteiger partial charge in [-0.3, -0.25) is 4.79 Å². The number of ether oxygens (including phenoxy) is 3. The number of allylic oxidation sites excluding steroid dienone is 2. The van der Waals surface area contributed by atoms with Gasteiger partial charge in [0.05, 0.1) is 18.1 Å². The Hall–Kier alpha value is -2.85. The van der Waals surface area contributed by atoms with Gasteiger partial charge in [0.2, 0.25) is 0 Å². The van der Waals surface area contributed by atoms with Gasteiger partial charge in [0.15, 0.2) is 5.78 Å². The third-order valence-electron chi connectivity index (χ3n) is 6.04. The highest BCUT2D eigenvalue weighted by molar-refractivity contribution is 6.07. The fourth-order valence-corrected chi connectivity index (χ4v) is 4.69. The first-order chi connectivity index (χ1) is 14.7. The van der Waals surface area contributed by atoms with Crippen molar-refractivity contribution in [3.63, 3.8) is 0 Å². The van der Waals surface area contributed by atoms with Crippen LogP contribution in [-0.2, 0) is 9.53 Å². The highest BCUT2D eigenvalue weighted by Crippen LogP contribution is 2.48. The molecule has 3 aliphatic rings. The molecule has 1 atom stereocenters. The van der Waals surface area contributed by atoms with Crippen molar-refractivity contribution in [1.82, 2.24) is 0 Å². The predicted molar refractivity (Wildman–Crippen MR) is 117 cm³/mol. The van der Waals surface area contributed by atoms with Crippen LogP contribution < -0.4 is 9.47 Å². The van der Waals surface area contributed by atoms with E-state index >= 15 is 0 Å². The van der Waals surface area contributed by atoms with Gasteiger partial charge in [-0.25, -0.2) is 0 Å². The van der Waals surface area contributed by atoms with E-state index in [0.717, 1.165) is 65.5 Å². The zero-order valence-corrected chi connectivity index (χ0v) is 17.2. The Balaban J connectivity index is 1.50. The molecule has 2 aliphatic carbocycles. The lowest BCUT2D eigenvalue weighted by atomic mass is 9.79. The summed E-state index contributed by atoms with van der Waals surface area (Å²) in [6.07, 6.45) is 11.8. The average molecular weight is 402 g/mol. The third kappa shape index (κ3) is 3.16. The highest BCUT2D eigenvalue weighted by atomic mass is 16.7. The van der Waals surface area contributed by atoms with Gasteiger partial charge in [0.25, 0.3) is 5.79 Å². The summed E-state index contributed by atoms with van der Waals surface area (Å²) in [6, 6.07) is 12.0. The van der Waals surface area contributed by atoms with E-state index in [1.54, 1.807) is 12.2 Å². The van der Waals surface area contributed by atoms with E-state index in [9.17, 15) is 4.79 Å². The van der Waals surface area contributed by atoms with Gasteiger partial charge >= 0.3 is 0 Å². The first-order valence-electron chi connectivity index (χ1n) is 10.9. The molecule has 0 radical (unpaired) electrons. The molecule has 4 nitrogen and oxygen atoms in total. The SMILES string of the molecule is CC/C=C/CCOC1CCCC2=C1C(=O)C=CC21Oc2cccc3cccc(c23)O1. The Morgan fingerprint density at radius 1 is 1.13 bits per heavy atom. The van der Waals surface area contributed by atoms with E-state index in [4.69, 9.17) is 14.2 Å². The molecule has 0 amide bonds. The van der Waals surface area contributed by atoms with Gasteiger partial charge < -0.3 is 14.2 Å². The van der Waals surface area contributed by atoms with Crippen LogP contribution in [0.5, 0.6) is 11.5 Å².